The van der Waals surface area contributed by atoms with Crippen molar-refractivity contribution in [3.8, 4) is 5.75 Å². The van der Waals surface area contributed by atoms with Crippen molar-refractivity contribution in [3.05, 3.63) is 29.6 Å². The number of aromatic nitrogens is 1. The van der Waals surface area contributed by atoms with Gasteiger partial charge in [0.2, 0.25) is 0 Å². The Labute approximate surface area is 136 Å². The van der Waals surface area contributed by atoms with Crippen LogP contribution in [0.2, 0.25) is 0 Å². The number of nitrogens with zero attached hydrogens (tertiary/aromatic N) is 2. The first kappa shape index (κ1) is 14.8. The maximum atomic E-state index is 12.2. The van der Waals surface area contributed by atoms with E-state index in [1.807, 2.05) is 0 Å². The summed E-state index contributed by atoms with van der Waals surface area (Å²) in [4.78, 5) is 22.1. The molecule has 0 N–H and O–H groups in total. The van der Waals surface area contributed by atoms with Crippen LogP contribution in [-0.4, -0.2) is 38.9 Å². The third-order valence-corrected chi connectivity index (χ3v) is 4.89. The molecule has 0 radical (unpaired) electrons. The summed E-state index contributed by atoms with van der Waals surface area (Å²) in [5.74, 6) is -0.0524. The van der Waals surface area contributed by atoms with Gasteiger partial charge in [0.15, 0.2) is 11.3 Å². The zero-order chi connectivity index (χ0) is 15.1. The fraction of sp³-hybridized carbons (Fsp3) is 0.385. The van der Waals surface area contributed by atoms with Gasteiger partial charge in [0, 0.05) is 6.20 Å². The van der Waals surface area contributed by atoms with Crippen LogP contribution >= 0.6 is 34.8 Å². The Balaban J connectivity index is 2.19. The van der Waals surface area contributed by atoms with E-state index in [4.69, 9.17) is 44.4 Å². The number of esters is 1. The number of carbonyl (C=O) groups is 1. The number of ether oxygens (including phenoxy) is 1. The van der Waals surface area contributed by atoms with Crippen LogP contribution in [0.25, 0.3) is 5.70 Å². The Hall–Kier alpha value is -1.17. The third-order valence-electron chi connectivity index (χ3n) is 3.20. The normalized spacial score (nSPS) is 27.0. The number of rotatable bonds is 2. The highest BCUT2D eigenvalue weighted by Gasteiger charge is 2.49. The molecule has 21 heavy (non-hydrogen) atoms. The van der Waals surface area contributed by atoms with Crippen LogP contribution in [0.5, 0.6) is 5.75 Å². The van der Waals surface area contributed by atoms with E-state index >= 15 is 0 Å². The second-order valence-corrected chi connectivity index (χ2v) is 5.89. The molecule has 3 rings (SSSR count). The van der Waals surface area contributed by atoms with E-state index in [9.17, 15) is 4.79 Å². The first-order valence-electron chi connectivity index (χ1n) is 6.32. The molecular formula is C13H11Cl3N2O3. The number of pyridine rings is 1. The number of carbonyl (C=O) groups excluding carboxylic acids is 1. The molecule has 0 aliphatic carbocycles. The average Bonchev–Trinajstić information content (AvgIpc) is 2.85. The molecule has 5 nitrogen and oxygen atoms in total. The van der Waals surface area contributed by atoms with Crippen LogP contribution in [0.15, 0.2) is 23.9 Å². The maximum absolute atomic E-state index is 12.2. The fourth-order valence-corrected chi connectivity index (χ4v) is 3.21. The minimum atomic E-state index is -0.795. The monoisotopic (exact) mass is 348 g/mol. The highest BCUT2D eigenvalue weighted by Crippen LogP contribution is 2.46. The van der Waals surface area contributed by atoms with Gasteiger partial charge in [0.25, 0.3) is 0 Å². The molecule has 0 spiro atoms. The van der Waals surface area contributed by atoms with Gasteiger partial charge >= 0.3 is 5.97 Å². The summed E-state index contributed by atoms with van der Waals surface area (Å²) in [7, 11) is 0. The molecule has 3 heterocycles. The molecule has 0 aromatic carbocycles. The van der Waals surface area contributed by atoms with Crippen molar-refractivity contribution in [2.45, 2.75) is 23.2 Å². The minimum absolute atomic E-state index is 0.216. The zero-order valence-corrected chi connectivity index (χ0v) is 13.2. The van der Waals surface area contributed by atoms with Crippen molar-refractivity contribution in [2.75, 3.05) is 6.61 Å². The summed E-state index contributed by atoms with van der Waals surface area (Å²) in [6.07, 6.45) is 1.60. The summed E-state index contributed by atoms with van der Waals surface area (Å²) >= 11 is 18.8. The molecule has 0 saturated heterocycles. The van der Waals surface area contributed by atoms with Crippen molar-refractivity contribution in [2.24, 2.45) is 0 Å². The maximum Gasteiger partial charge on any atom is 0.337 e. The summed E-state index contributed by atoms with van der Waals surface area (Å²) < 4.78 is 5.07. The van der Waals surface area contributed by atoms with E-state index in [1.54, 1.807) is 25.3 Å². The van der Waals surface area contributed by atoms with Crippen molar-refractivity contribution in [1.29, 1.82) is 0 Å². The van der Waals surface area contributed by atoms with E-state index in [2.05, 4.69) is 4.98 Å². The number of hydrogen-bond acceptors (Lipinski definition) is 5. The molecule has 1 aromatic heterocycles. The molecule has 3 atom stereocenters. The van der Waals surface area contributed by atoms with E-state index < -0.39 is 22.2 Å². The van der Waals surface area contributed by atoms with Gasteiger partial charge in [-0.2, -0.15) is 5.06 Å². The Morgan fingerprint density at radius 3 is 2.95 bits per heavy atom. The van der Waals surface area contributed by atoms with Gasteiger partial charge in [-0.05, 0) is 19.1 Å². The molecule has 2 aliphatic heterocycles. The van der Waals surface area contributed by atoms with Crippen LogP contribution in [0.3, 0.4) is 0 Å². The summed E-state index contributed by atoms with van der Waals surface area (Å²) in [6, 6.07) is 3.45. The predicted molar refractivity (Wildman–Crippen MR) is 79.2 cm³/mol. The van der Waals surface area contributed by atoms with Crippen molar-refractivity contribution < 1.29 is 14.4 Å². The number of alkyl halides is 3. The van der Waals surface area contributed by atoms with Gasteiger partial charge in [-0.1, -0.05) is 11.6 Å². The average molecular weight is 350 g/mol. The first-order chi connectivity index (χ1) is 10.1. The van der Waals surface area contributed by atoms with Crippen LogP contribution in [0.4, 0.5) is 0 Å². The first-order valence-corrected chi connectivity index (χ1v) is 7.63. The van der Waals surface area contributed by atoms with E-state index in [1.165, 1.54) is 5.06 Å². The van der Waals surface area contributed by atoms with Gasteiger partial charge < -0.3 is 9.57 Å². The topological polar surface area (TPSA) is 51.7 Å². The highest BCUT2D eigenvalue weighted by molar-refractivity contribution is 6.38. The Morgan fingerprint density at radius 2 is 2.24 bits per heavy atom. The lowest BCUT2D eigenvalue weighted by molar-refractivity contribution is -0.139. The third kappa shape index (κ3) is 2.24. The summed E-state index contributed by atoms with van der Waals surface area (Å²) in [5.41, 5.74) is 0.408. The number of halogens is 3. The van der Waals surface area contributed by atoms with Gasteiger partial charge in [-0.25, -0.2) is 4.79 Å². The Morgan fingerprint density at radius 1 is 1.48 bits per heavy atom. The van der Waals surface area contributed by atoms with Crippen LogP contribution < -0.4 is 4.84 Å². The van der Waals surface area contributed by atoms with Crippen LogP contribution in [0.1, 0.15) is 12.6 Å². The summed E-state index contributed by atoms with van der Waals surface area (Å²) in [5, 5.41) is -0.149. The molecule has 1 aromatic rings. The zero-order valence-electron chi connectivity index (χ0n) is 10.9. The number of fused-ring (bicyclic) bond motifs is 3. The lowest BCUT2D eigenvalue weighted by atomic mass is 10.0. The smallest absolute Gasteiger partial charge is 0.337 e. The molecular weight excluding hydrogens is 339 g/mol. The van der Waals surface area contributed by atoms with E-state index in [-0.39, 0.29) is 12.2 Å². The largest absolute Gasteiger partial charge is 0.463 e. The second-order valence-electron chi connectivity index (χ2n) is 4.47. The molecule has 0 saturated carbocycles. The SMILES string of the molecule is CCOC(=O)C1=C2c3ncccc3ON2[C@H](Cl)[C@H](Cl)[C@@H]1Cl. The molecule has 0 bridgehead atoms. The Kier molecular flexibility index (Phi) is 3.90. The van der Waals surface area contributed by atoms with Gasteiger partial charge in [0.1, 0.15) is 11.4 Å². The molecule has 2 aliphatic rings. The van der Waals surface area contributed by atoms with Crippen LogP contribution in [-0.2, 0) is 9.53 Å². The second kappa shape index (κ2) is 5.55. The number of hydroxylamine groups is 2. The van der Waals surface area contributed by atoms with Crippen molar-refractivity contribution in [1.82, 2.24) is 10.0 Å². The molecule has 0 amide bonds. The lowest BCUT2D eigenvalue weighted by Crippen LogP contribution is -2.47. The molecule has 112 valence electrons. The Bertz CT molecular complexity index is 622. The van der Waals surface area contributed by atoms with Crippen molar-refractivity contribution in [3.63, 3.8) is 0 Å². The lowest BCUT2D eigenvalue weighted by Gasteiger charge is -2.35. The predicted octanol–water partition coefficient (Wildman–Crippen LogP) is 2.76. The number of hydrogen-bond donors (Lipinski definition) is 0. The van der Waals surface area contributed by atoms with Gasteiger partial charge in [-0.15, -0.1) is 23.2 Å². The fourth-order valence-electron chi connectivity index (χ4n) is 2.29. The molecule has 0 fully saturated rings. The highest BCUT2D eigenvalue weighted by atomic mass is 35.5. The standard InChI is InChI=1S/C13H11Cl3N2O3/c1-2-20-13(19)7-8(14)9(15)12(16)18-11(7)10-6(21-18)4-3-5-17-10/h3-5,8-9,12H,2H2,1H3/t8-,9-,12+/m1/s1. The van der Waals surface area contributed by atoms with E-state index in [0.717, 1.165) is 0 Å². The van der Waals surface area contributed by atoms with E-state index in [0.29, 0.717) is 17.1 Å². The quantitative estimate of drug-likeness (QED) is 0.467. The van der Waals surface area contributed by atoms with Crippen molar-refractivity contribution >= 4 is 46.5 Å². The van der Waals surface area contributed by atoms with Crippen LogP contribution in [0, 0.1) is 0 Å². The van der Waals surface area contributed by atoms with Gasteiger partial charge in [-0.3, -0.25) is 4.98 Å². The van der Waals surface area contributed by atoms with Gasteiger partial charge in [0.05, 0.1) is 22.9 Å². The molecule has 8 heteroatoms. The minimum Gasteiger partial charge on any atom is -0.463 e. The molecule has 0 unspecified atom stereocenters. The summed E-state index contributed by atoms with van der Waals surface area (Å²) in [6.45, 7) is 1.94.